The van der Waals surface area contributed by atoms with E-state index in [9.17, 15) is 32.3 Å². The van der Waals surface area contributed by atoms with Crippen LogP contribution in [-0.4, -0.2) is 9.67 Å². The highest BCUT2D eigenvalue weighted by molar-refractivity contribution is 7.99. The Bertz CT molecular complexity index is 1620. The molecule has 2 aromatic heterocycles. The summed E-state index contributed by atoms with van der Waals surface area (Å²) in [5.41, 5.74) is -2.52. The zero-order valence-electron chi connectivity index (χ0n) is 17.7. The molecule has 5 rings (SSSR count). The summed E-state index contributed by atoms with van der Waals surface area (Å²) in [6, 6.07) is 9.90. The molecule has 0 atom stereocenters. The molecule has 0 aliphatic carbocycles. The van der Waals surface area contributed by atoms with E-state index in [-0.39, 0.29) is 15.9 Å². The van der Waals surface area contributed by atoms with Crippen LogP contribution in [0, 0.1) is 5.82 Å². The van der Waals surface area contributed by atoms with Crippen molar-refractivity contribution in [3.05, 3.63) is 91.9 Å². The van der Waals surface area contributed by atoms with Crippen LogP contribution in [0.25, 0.3) is 16.7 Å². The lowest BCUT2D eigenvalue weighted by Gasteiger charge is -2.20. The standard InChI is InChI=1S/C24H15F4NO4S/c1-23(2)13-9-11(25)7-8-14(13)29-17(23)10-15-18(21(29)31)19(30)20(22(32)33-15)34-16-6-4-3-5-12(16)24(26,27)28/h3-10,30H,1-2H3. The van der Waals surface area contributed by atoms with Crippen LogP contribution in [0.5, 0.6) is 5.75 Å². The first kappa shape index (κ1) is 22.3. The van der Waals surface area contributed by atoms with Crippen LogP contribution in [-0.2, 0) is 11.6 Å². The van der Waals surface area contributed by atoms with Crippen molar-refractivity contribution in [1.29, 1.82) is 0 Å². The Kier molecular flexibility index (Phi) is 4.74. The lowest BCUT2D eigenvalue weighted by atomic mass is 9.83. The molecule has 0 amide bonds. The zero-order valence-corrected chi connectivity index (χ0v) is 18.5. The molecule has 174 valence electrons. The third-order valence-corrected chi connectivity index (χ3v) is 7.07. The van der Waals surface area contributed by atoms with Crippen LogP contribution in [0.2, 0.25) is 0 Å². The zero-order chi connectivity index (χ0) is 24.6. The monoisotopic (exact) mass is 489 g/mol. The van der Waals surface area contributed by atoms with Gasteiger partial charge in [0.25, 0.3) is 5.56 Å². The number of alkyl halides is 3. The molecule has 10 heteroatoms. The molecule has 0 bridgehead atoms. The summed E-state index contributed by atoms with van der Waals surface area (Å²) in [4.78, 5) is 25.3. The van der Waals surface area contributed by atoms with Crippen LogP contribution >= 0.6 is 11.8 Å². The Morgan fingerprint density at radius 2 is 1.76 bits per heavy atom. The SMILES string of the molecule is CC1(C)c2cc(F)ccc2-n2c1cc1oc(=O)c(Sc3ccccc3C(F)(F)F)c(O)c1c2=O. The van der Waals surface area contributed by atoms with Gasteiger partial charge in [-0.25, -0.2) is 9.18 Å². The van der Waals surface area contributed by atoms with Gasteiger partial charge in [-0.2, -0.15) is 13.2 Å². The first-order chi connectivity index (χ1) is 15.9. The number of aromatic nitrogens is 1. The quantitative estimate of drug-likeness (QED) is 0.371. The Balaban J connectivity index is 1.77. The van der Waals surface area contributed by atoms with Gasteiger partial charge in [-0.05, 0) is 35.9 Å². The number of pyridine rings is 1. The Labute approximate surface area is 193 Å². The van der Waals surface area contributed by atoms with Gasteiger partial charge in [-0.3, -0.25) is 9.36 Å². The summed E-state index contributed by atoms with van der Waals surface area (Å²) in [6.45, 7) is 3.54. The van der Waals surface area contributed by atoms with E-state index < -0.39 is 44.8 Å². The third kappa shape index (κ3) is 3.16. The minimum absolute atomic E-state index is 0.214. The van der Waals surface area contributed by atoms with Gasteiger partial charge < -0.3 is 9.52 Å². The summed E-state index contributed by atoms with van der Waals surface area (Å²) in [7, 11) is 0. The van der Waals surface area contributed by atoms with E-state index in [0.717, 1.165) is 12.1 Å². The molecule has 0 saturated heterocycles. The molecule has 5 nitrogen and oxygen atoms in total. The number of aromatic hydroxyl groups is 1. The maximum Gasteiger partial charge on any atom is 0.417 e. The molecule has 3 heterocycles. The summed E-state index contributed by atoms with van der Waals surface area (Å²) >= 11 is 0.365. The lowest BCUT2D eigenvalue weighted by Crippen LogP contribution is -2.24. The fraction of sp³-hybridized carbons (Fsp3) is 0.167. The minimum Gasteiger partial charge on any atom is -0.505 e. The highest BCUT2D eigenvalue weighted by atomic mass is 32.2. The van der Waals surface area contributed by atoms with E-state index >= 15 is 0 Å². The molecule has 1 N–H and O–H groups in total. The van der Waals surface area contributed by atoms with Gasteiger partial charge in [-0.15, -0.1) is 0 Å². The molecule has 0 fully saturated rings. The molecular formula is C24H15F4NO4S. The predicted octanol–water partition coefficient (Wildman–Crippen LogP) is 5.60. The number of halogens is 4. The van der Waals surface area contributed by atoms with Crippen LogP contribution in [0.15, 0.2) is 72.3 Å². The summed E-state index contributed by atoms with van der Waals surface area (Å²) in [5.74, 6) is -1.27. The largest absolute Gasteiger partial charge is 0.505 e. The van der Waals surface area contributed by atoms with Crippen molar-refractivity contribution in [3.8, 4) is 11.4 Å². The molecular weight excluding hydrogens is 474 g/mol. The highest BCUT2D eigenvalue weighted by Crippen LogP contribution is 2.45. The maximum atomic E-state index is 13.9. The highest BCUT2D eigenvalue weighted by Gasteiger charge is 2.39. The van der Waals surface area contributed by atoms with E-state index in [1.807, 2.05) is 0 Å². The molecule has 1 aliphatic heterocycles. The molecule has 0 radical (unpaired) electrons. The number of hydrogen-bond acceptors (Lipinski definition) is 5. The van der Waals surface area contributed by atoms with Crippen LogP contribution in [0.3, 0.4) is 0 Å². The third-order valence-electron chi connectivity index (χ3n) is 5.93. The van der Waals surface area contributed by atoms with Gasteiger partial charge in [0.2, 0.25) is 0 Å². The van der Waals surface area contributed by atoms with Crippen molar-refractivity contribution in [2.45, 2.75) is 35.2 Å². The van der Waals surface area contributed by atoms with E-state index in [2.05, 4.69) is 0 Å². The van der Waals surface area contributed by atoms with Gasteiger partial charge in [0, 0.05) is 22.1 Å². The molecule has 0 saturated carbocycles. The van der Waals surface area contributed by atoms with E-state index in [4.69, 9.17) is 4.42 Å². The van der Waals surface area contributed by atoms with Gasteiger partial charge >= 0.3 is 11.8 Å². The second-order valence-corrected chi connectivity index (χ2v) is 9.41. The lowest BCUT2D eigenvalue weighted by molar-refractivity contribution is -0.139. The van der Waals surface area contributed by atoms with E-state index in [1.165, 1.54) is 41.0 Å². The van der Waals surface area contributed by atoms with Crippen molar-refractivity contribution in [2.75, 3.05) is 0 Å². The average molecular weight is 489 g/mol. The Morgan fingerprint density at radius 3 is 2.47 bits per heavy atom. The second kappa shape index (κ2) is 7.23. The normalized spacial score (nSPS) is 14.3. The van der Waals surface area contributed by atoms with Crippen molar-refractivity contribution < 1.29 is 27.1 Å². The molecule has 1 aliphatic rings. The fourth-order valence-electron chi connectivity index (χ4n) is 4.27. The van der Waals surface area contributed by atoms with E-state index in [0.29, 0.717) is 28.7 Å². The number of nitrogens with zero attached hydrogens (tertiary/aromatic N) is 1. The maximum absolute atomic E-state index is 13.9. The van der Waals surface area contributed by atoms with Crippen molar-refractivity contribution in [2.24, 2.45) is 0 Å². The second-order valence-electron chi connectivity index (χ2n) is 8.36. The number of rotatable bonds is 2. The molecule has 2 aromatic carbocycles. The van der Waals surface area contributed by atoms with Gasteiger partial charge in [0.1, 0.15) is 21.7 Å². The fourth-order valence-corrected chi connectivity index (χ4v) is 5.26. The van der Waals surface area contributed by atoms with Gasteiger partial charge in [0.15, 0.2) is 5.75 Å². The first-order valence-electron chi connectivity index (χ1n) is 10.0. The topological polar surface area (TPSA) is 72.4 Å². The van der Waals surface area contributed by atoms with Gasteiger partial charge in [0.05, 0.1) is 11.3 Å². The van der Waals surface area contributed by atoms with Crippen molar-refractivity contribution in [1.82, 2.24) is 4.57 Å². The summed E-state index contributed by atoms with van der Waals surface area (Å²) in [6.07, 6.45) is -4.69. The Hall–Kier alpha value is -3.53. The summed E-state index contributed by atoms with van der Waals surface area (Å²) < 4.78 is 60.7. The molecule has 34 heavy (non-hydrogen) atoms. The minimum atomic E-state index is -4.69. The van der Waals surface area contributed by atoms with Crippen LogP contribution in [0.1, 0.15) is 30.7 Å². The van der Waals surface area contributed by atoms with E-state index in [1.54, 1.807) is 13.8 Å². The first-order valence-corrected chi connectivity index (χ1v) is 10.8. The van der Waals surface area contributed by atoms with Crippen molar-refractivity contribution >= 4 is 22.7 Å². The number of hydrogen-bond donors (Lipinski definition) is 1. The smallest absolute Gasteiger partial charge is 0.417 e. The van der Waals surface area contributed by atoms with Crippen LogP contribution in [0.4, 0.5) is 17.6 Å². The molecule has 4 aromatic rings. The predicted molar refractivity (Wildman–Crippen MR) is 117 cm³/mol. The average Bonchev–Trinajstić information content (AvgIpc) is 2.97. The van der Waals surface area contributed by atoms with Gasteiger partial charge in [-0.1, -0.05) is 37.7 Å². The van der Waals surface area contributed by atoms with Crippen LogP contribution < -0.4 is 11.2 Å². The molecule has 0 unspecified atom stereocenters. The Morgan fingerprint density at radius 1 is 1.06 bits per heavy atom. The summed E-state index contributed by atoms with van der Waals surface area (Å²) in [5, 5.41) is 10.5. The molecule has 0 spiro atoms. The van der Waals surface area contributed by atoms with Crippen molar-refractivity contribution in [3.63, 3.8) is 0 Å². The number of benzene rings is 2. The number of fused-ring (bicyclic) bond motifs is 4.